The van der Waals surface area contributed by atoms with Gasteiger partial charge in [0.1, 0.15) is 9.84 Å². The minimum Gasteiger partial charge on any atom is -0.357 e. The highest BCUT2D eigenvalue weighted by molar-refractivity contribution is 14.0. The summed E-state index contributed by atoms with van der Waals surface area (Å²) in [6.45, 7) is 10.1. The Labute approximate surface area is 197 Å². The lowest BCUT2D eigenvalue weighted by Gasteiger charge is -2.35. The Morgan fingerprint density at radius 1 is 1.38 bits per heavy atom. The predicted molar refractivity (Wildman–Crippen MR) is 135 cm³/mol. The number of hydrogen-bond acceptors (Lipinski definition) is 5. The van der Waals surface area contributed by atoms with Gasteiger partial charge in [0, 0.05) is 23.7 Å². The average molecular weight is 557 g/mol. The van der Waals surface area contributed by atoms with Crippen LogP contribution in [0.2, 0.25) is 0 Å². The summed E-state index contributed by atoms with van der Waals surface area (Å²) in [5.74, 6) is 1.75. The number of thiophene rings is 1. The molecule has 2 N–H and O–H groups in total. The normalized spacial score (nSPS) is 18.7. The number of piperidine rings is 1. The molecule has 1 aromatic heterocycles. The van der Waals surface area contributed by atoms with Gasteiger partial charge in [-0.3, -0.25) is 9.89 Å². The highest BCUT2D eigenvalue weighted by Gasteiger charge is 2.25. The summed E-state index contributed by atoms with van der Waals surface area (Å²) in [4.78, 5) is 8.78. The molecule has 168 valence electrons. The van der Waals surface area contributed by atoms with Gasteiger partial charge in [-0.1, -0.05) is 13.0 Å². The number of aliphatic imine (C=N–C) groups is 1. The first-order valence-electron chi connectivity index (χ1n) is 10.3. The van der Waals surface area contributed by atoms with Gasteiger partial charge in [0.05, 0.1) is 18.3 Å². The third-order valence-corrected chi connectivity index (χ3v) is 7.15. The van der Waals surface area contributed by atoms with Crippen molar-refractivity contribution in [2.45, 2.75) is 52.1 Å². The van der Waals surface area contributed by atoms with Crippen LogP contribution in [0.4, 0.5) is 0 Å². The van der Waals surface area contributed by atoms with Crippen LogP contribution in [-0.4, -0.2) is 63.5 Å². The molecule has 1 aliphatic heterocycles. The minimum absolute atomic E-state index is 0. The Morgan fingerprint density at radius 2 is 2.07 bits per heavy atom. The molecule has 0 amide bonds. The molecule has 1 aromatic rings. The predicted octanol–water partition coefficient (Wildman–Crippen LogP) is 3.52. The van der Waals surface area contributed by atoms with E-state index in [9.17, 15) is 8.42 Å². The molecule has 0 saturated carbocycles. The maximum atomic E-state index is 11.4. The number of sulfone groups is 1. The van der Waals surface area contributed by atoms with E-state index in [1.54, 1.807) is 11.3 Å². The van der Waals surface area contributed by atoms with Gasteiger partial charge in [-0.2, -0.15) is 0 Å². The van der Waals surface area contributed by atoms with Gasteiger partial charge in [-0.25, -0.2) is 8.42 Å². The fraction of sp³-hybridized carbons (Fsp3) is 0.750. The summed E-state index contributed by atoms with van der Waals surface area (Å²) in [6, 6.07) is 4.66. The van der Waals surface area contributed by atoms with Crippen LogP contribution in [0, 0.1) is 5.92 Å². The van der Waals surface area contributed by atoms with Crippen molar-refractivity contribution in [3.63, 3.8) is 0 Å². The summed E-state index contributed by atoms with van der Waals surface area (Å²) in [5.41, 5.74) is 0. The Kier molecular flexibility index (Phi) is 12.0. The molecule has 2 rings (SSSR count). The van der Waals surface area contributed by atoms with E-state index in [1.165, 1.54) is 24.0 Å². The molecule has 0 aliphatic carbocycles. The molecule has 0 bridgehead atoms. The van der Waals surface area contributed by atoms with Crippen LogP contribution >= 0.6 is 35.3 Å². The van der Waals surface area contributed by atoms with E-state index in [4.69, 9.17) is 4.99 Å². The number of hydrogen-bond donors (Lipinski definition) is 2. The summed E-state index contributed by atoms with van der Waals surface area (Å²) in [7, 11) is -2.95. The van der Waals surface area contributed by atoms with E-state index in [0.717, 1.165) is 31.5 Å². The lowest BCUT2D eigenvalue weighted by atomic mass is 9.97. The number of guanidine groups is 1. The lowest BCUT2D eigenvalue weighted by molar-refractivity contribution is 0.143. The van der Waals surface area contributed by atoms with Crippen molar-refractivity contribution >= 4 is 51.1 Å². The second kappa shape index (κ2) is 13.1. The van der Waals surface area contributed by atoms with E-state index in [2.05, 4.69) is 40.0 Å². The van der Waals surface area contributed by atoms with Crippen molar-refractivity contribution in [2.24, 2.45) is 10.9 Å². The summed E-state index contributed by atoms with van der Waals surface area (Å²) in [6.07, 6.45) is 4.34. The number of halogens is 1. The van der Waals surface area contributed by atoms with Crippen molar-refractivity contribution in [3.8, 4) is 0 Å². The maximum Gasteiger partial charge on any atom is 0.191 e. The van der Waals surface area contributed by atoms with Gasteiger partial charge in [-0.15, -0.1) is 35.3 Å². The first-order valence-corrected chi connectivity index (χ1v) is 13.2. The van der Waals surface area contributed by atoms with Crippen LogP contribution in [0.1, 0.15) is 51.0 Å². The van der Waals surface area contributed by atoms with Crippen molar-refractivity contribution < 1.29 is 8.42 Å². The van der Waals surface area contributed by atoms with Crippen LogP contribution < -0.4 is 10.6 Å². The smallest absolute Gasteiger partial charge is 0.191 e. The fourth-order valence-electron chi connectivity index (χ4n) is 3.40. The lowest BCUT2D eigenvalue weighted by Crippen LogP contribution is -2.43. The second-order valence-electron chi connectivity index (χ2n) is 7.93. The summed E-state index contributed by atoms with van der Waals surface area (Å²) < 4.78 is 22.8. The average Bonchev–Trinajstić information content (AvgIpc) is 3.15. The monoisotopic (exact) mass is 556 g/mol. The van der Waals surface area contributed by atoms with Gasteiger partial charge >= 0.3 is 0 Å². The second-order valence-corrected chi connectivity index (χ2v) is 11.2. The molecule has 0 aromatic carbocycles. The van der Waals surface area contributed by atoms with E-state index in [0.29, 0.717) is 19.0 Å². The number of rotatable bonds is 9. The minimum atomic E-state index is -2.95. The number of likely N-dealkylation sites (tertiary alicyclic amines) is 1. The molecule has 2 unspecified atom stereocenters. The largest absolute Gasteiger partial charge is 0.357 e. The summed E-state index contributed by atoms with van der Waals surface area (Å²) >= 11 is 1.80. The highest BCUT2D eigenvalue weighted by Crippen LogP contribution is 2.29. The Balaban J connectivity index is 0.00000420. The zero-order valence-corrected chi connectivity index (χ0v) is 22.0. The molecule has 6 nitrogen and oxygen atoms in total. The molecule has 2 heterocycles. The first kappa shape index (κ1) is 26.6. The molecular weight excluding hydrogens is 519 g/mol. The summed E-state index contributed by atoms with van der Waals surface area (Å²) in [5, 5.41) is 8.79. The third-order valence-electron chi connectivity index (χ3n) is 5.20. The quantitative estimate of drug-likeness (QED) is 0.277. The fourth-order valence-corrected chi connectivity index (χ4v) is 5.03. The molecule has 9 heteroatoms. The van der Waals surface area contributed by atoms with Crippen molar-refractivity contribution in [1.29, 1.82) is 0 Å². The third kappa shape index (κ3) is 9.97. The van der Waals surface area contributed by atoms with Crippen LogP contribution in [0.25, 0.3) is 0 Å². The molecule has 29 heavy (non-hydrogen) atoms. The molecule has 1 fully saturated rings. The van der Waals surface area contributed by atoms with Crippen molar-refractivity contribution in [2.75, 3.05) is 38.2 Å². The van der Waals surface area contributed by atoms with Gasteiger partial charge in [0.15, 0.2) is 5.96 Å². The molecule has 1 aliphatic rings. The van der Waals surface area contributed by atoms with Crippen molar-refractivity contribution in [1.82, 2.24) is 15.5 Å². The molecule has 1 saturated heterocycles. The number of nitrogens with one attached hydrogen (secondary N) is 2. The van der Waals surface area contributed by atoms with E-state index in [1.807, 2.05) is 13.8 Å². The highest BCUT2D eigenvalue weighted by atomic mass is 127. The van der Waals surface area contributed by atoms with Crippen LogP contribution in [0.5, 0.6) is 0 Å². The SMILES string of the molecule is CCNC(=NCC(c1cccs1)N1CCC(C)CC1)NC(C)CCS(C)(=O)=O.I. The zero-order chi connectivity index (χ0) is 20.6. The Hall–Kier alpha value is -0.390. The van der Waals surface area contributed by atoms with Gasteiger partial charge in [0.25, 0.3) is 0 Å². The van der Waals surface area contributed by atoms with Gasteiger partial charge < -0.3 is 10.6 Å². The molecule has 0 spiro atoms. The maximum absolute atomic E-state index is 11.4. The molecular formula is C20H37IN4O2S2. The Bertz CT molecular complexity index is 702. The Morgan fingerprint density at radius 3 is 2.62 bits per heavy atom. The van der Waals surface area contributed by atoms with E-state index in [-0.39, 0.29) is 35.8 Å². The zero-order valence-electron chi connectivity index (χ0n) is 18.1. The van der Waals surface area contributed by atoms with Crippen LogP contribution in [-0.2, 0) is 9.84 Å². The first-order chi connectivity index (χ1) is 13.3. The molecule has 0 radical (unpaired) electrons. The van der Waals surface area contributed by atoms with E-state index < -0.39 is 9.84 Å². The van der Waals surface area contributed by atoms with E-state index >= 15 is 0 Å². The van der Waals surface area contributed by atoms with Gasteiger partial charge in [0.2, 0.25) is 0 Å². The van der Waals surface area contributed by atoms with Crippen molar-refractivity contribution in [3.05, 3.63) is 22.4 Å². The number of nitrogens with zero attached hydrogens (tertiary/aromatic N) is 2. The van der Waals surface area contributed by atoms with Crippen LogP contribution in [0.15, 0.2) is 22.5 Å². The standard InChI is InChI=1S/C20H36N4O2S2.HI/c1-5-21-20(23-17(3)10-14-28(4,25)26)22-15-18(19-7-6-13-27-19)24-11-8-16(2)9-12-24;/h6-7,13,16-18H,5,8-12,14-15H2,1-4H3,(H2,21,22,23);1H. The van der Waals surface area contributed by atoms with Gasteiger partial charge in [-0.05, 0) is 63.6 Å². The molecule has 2 atom stereocenters. The van der Waals surface area contributed by atoms with Crippen LogP contribution in [0.3, 0.4) is 0 Å². The topological polar surface area (TPSA) is 73.8 Å².